The molecule has 6 nitrogen and oxygen atoms in total. The van der Waals surface area contributed by atoms with Gasteiger partial charge in [-0.3, -0.25) is 0 Å². The van der Waals surface area contributed by atoms with E-state index in [1.807, 2.05) is 13.8 Å². The van der Waals surface area contributed by atoms with Crippen molar-refractivity contribution in [3.05, 3.63) is 11.6 Å². The Bertz CT molecular complexity index is 464. The van der Waals surface area contributed by atoms with Gasteiger partial charge in [-0.15, -0.1) is 10.2 Å². The maximum Gasteiger partial charge on any atom is 0.157 e. The Morgan fingerprint density at radius 1 is 1.31 bits per heavy atom. The van der Waals surface area contributed by atoms with Gasteiger partial charge in [0.25, 0.3) is 0 Å². The van der Waals surface area contributed by atoms with Gasteiger partial charge in [0.2, 0.25) is 0 Å². The molecule has 1 rings (SSSR count). The van der Waals surface area contributed by atoms with Gasteiger partial charge in [-0.1, -0.05) is 0 Å². The molecule has 0 aliphatic carbocycles. The van der Waals surface area contributed by atoms with Gasteiger partial charge in [-0.2, -0.15) is 0 Å². The van der Waals surface area contributed by atoms with Gasteiger partial charge in [0.05, 0.1) is 6.54 Å². The van der Waals surface area contributed by atoms with Gasteiger partial charge in [-0.25, -0.2) is 8.42 Å². The lowest BCUT2D eigenvalue weighted by molar-refractivity contribution is 0.533. The molecule has 1 aromatic rings. The van der Waals surface area contributed by atoms with Gasteiger partial charge < -0.3 is 10.3 Å². The molecule has 1 heterocycles. The molecular weight excluding hydrogens is 228 g/mol. The highest BCUT2D eigenvalue weighted by atomic mass is 32.2. The molecule has 1 aromatic heterocycles. The van der Waals surface area contributed by atoms with Crippen LogP contribution in [0.25, 0.3) is 0 Å². The Labute approximate surface area is 95.8 Å². The van der Waals surface area contributed by atoms with Crippen LogP contribution >= 0.6 is 0 Å². The standard InChI is InChI=1S/C9H18N4O2S/c1-6(2)13-8(5-10)11-12-9(13)7(3)16(4,14)15/h6-7H,5,10H2,1-4H3. The molecule has 2 N–H and O–H groups in total. The average molecular weight is 246 g/mol. The van der Waals surface area contributed by atoms with Crippen LogP contribution in [-0.4, -0.2) is 29.4 Å². The summed E-state index contributed by atoms with van der Waals surface area (Å²) in [5.41, 5.74) is 5.54. The number of hydrogen-bond donors (Lipinski definition) is 1. The summed E-state index contributed by atoms with van der Waals surface area (Å²) in [7, 11) is -3.17. The molecular formula is C9H18N4O2S. The molecule has 1 unspecified atom stereocenters. The molecule has 0 saturated heterocycles. The largest absolute Gasteiger partial charge is 0.324 e. The van der Waals surface area contributed by atoms with Crippen molar-refractivity contribution in [3.63, 3.8) is 0 Å². The van der Waals surface area contributed by atoms with Crippen molar-refractivity contribution in [2.45, 2.75) is 38.6 Å². The second kappa shape index (κ2) is 4.50. The van der Waals surface area contributed by atoms with E-state index in [2.05, 4.69) is 10.2 Å². The normalized spacial score (nSPS) is 14.4. The van der Waals surface area contributed by atoms with Crippen molar-refractivity contribution in [3.8, 4) is 0 Å². The van der Waals surface area contributed by atoms with Crippen LogP contribution < -0.4 is 5.73 Å². The van der Waals surface area contributed by atoms with Crippen LogP contribution in [0.3, 0.4) is 0 Å². The van der Waals surface area contributed by atoms with Gasteiger partial charge in [0.1, 0.15) is 11.1 Å². The summed E-state index contributed by atoms with van der Waals surface area (Å²) in [6, 6.07) is 0.0905. The third kappa shape index (κ3) is 2.41. The summed E-state index contributed by atoms with van der Waals surface area (Å²) >= 11 is 0. The first-order valence-electron chi connectivity index (χ1n) is 5.11. The van der Waals surface area contributed by atoms with Gasteiger partial charge in [-0.05, 0) is 20.8 Å². The Morgan fingerprint density at radius 3 is 2.25 bits per heavy atom. The summed E-state index contributed by atoms with van der Waals surface area (Å²) in [5, 5.41) is 7.18. The first-order valence-corrected chi connectivity index (χ1v) is 7.07. The highest BCUT2D eigenvalue weighted by Crippen LogP contribution is 2.22. The summed E-state index contributed by atoms with van der Waals surface area (Å²) in [5.74, 6) is 1.07. The van der Waals surface area contributed by atoms with Crippen molar-refractivity contribution < 1.29 is 8.42 Å². The lowest BCUT2D eigenvalue weighted by atomic mass is 10.3. The summed E-state index contributed by atoms with van der Waals surface area (Å²) < 4.78 is 24.8. The van der Waals surface area contributed by atoms with E-state index in [0.29, 0.717) is 11.6 Å². The molecule has 0 aliphatic rings. The van der Waals surface area contributed by atoms with Crippen LogP contribution in [0.15, 0.2) is 0 Å². The number of rotatable bonds is 4. The first kappa shape index (κ1) is 13.1. The molecule has 0 aromatic carbocycles. The van der Waals surface area contributed by atoms with Crippen molar-refractivity contribution in [1.82, 2.24) is 14.8 Å². The highest BCUT2D eigenvalue weighted by molar-refractivity contribution is 7.90. The first-order chi connectivity index (χ1) is 7.29. The minimum absolute atomic E-state index is 0.0905. The minimum Gasteiger partial charge on any atom is -0.324 e. The molecule has 0 bridgehead atoms. The zero-order valence-corrected chi connectivity index (χ0v) is 10.8. The van der Waals surface area contributed by atoms with Gasteiger partial charge in [0.15, 0.2) is 15.7 Å². The van der Waals surface area contributed by atoms with Crippen molar-refractivity contribution >= 4 is 9.84 Å². The molecule has 0 amide bonds. The molecule has 0 aliphatic heterocycles. The van der Waals surface area contributed by atoms with Crippen molar-refractivity contribution in [2.24, 2.45) is 5.73 Å². The van der Waals surface area contributed by atoms with Gasteiger partial charge in [0, 0.05) is 12.3 Å². The third-order valence-electron chi connectivity index (χ3n) is 2.50. The number of nitrogens with zero attached hydrogens (tertiary/aromatic N) is 3. The molecule has 7 heteroatoms. The fourth-order valence-electron chi connectivity index (χ4n) is 1.51. The van der Waals surface area contributed by atoms with Crippen LogP contribution in [0.5, 0.6) is 0 Å². The monoisotopic (exact) mass is 246 g/mol. The molecule has 92 valence electrons. The maximum absolute atomic E-state index is 11.5. The maximum atomic E-state index is 11.5. The van der Waals surface area contributed by atoms with Gasteiger partial charge >= 0.3 is 0 Å². The molecule has 0 radical (unpaired) electrons. The third-order valence-corrected chi connectivity index (χ3v) is 3.99. The average Bonchev–Trinajstić information content (AvgIpc) is 2.57. The summed E-state index contributed by atoms with van der Waals surface area (Å²) in [4.78, 5) is 0. The Hall–Kier alpha value is -0.950. The zero-order chi connectivity index (χ0) is 12.5. The van der Waals surface area contributed by atoms with E-state index in [0.717, 1.165) is 0 Å². The van der Waals surface area contributed by atoms with Crippen molar-refractivity contribution in [2.75, 3.05) is 6.26 Å². The summed E-state index contributed by atoms with van der Waals surface area (Å²) in [6.07, 6.45) is 1.19. The predicted molar refractivity (Wildman–Crippen MR) is 61.6 cm³/mol. The van der Waals surface area contributed by atoms with Crippen LogP contribution in [-0.2, 0) is 16.4 Å². The minimum atomic E-state index is -3.17. The molecule has 0 fully saturated rings. The van der Waals surface area contributed by atoms with Crippen LogP contribution in [0.4, 0.5) is 0 Å². The Kier molecular flexibility index (Phi) is 3.69. The Morgan fingerprint density at radius 2 is 1.88 bits per heavy atom. The van der Waals surface area contributed by atoms with E-state index in [1.54, 1.807) is 11.5 Å². The zero-order valence-electron chi connectivity index (χ0n) is 10.0. The van der Waals surface area contributed by atoms with E-state index in [9.17, 15) is 8.42 Å². The fraction of sp³-hybridized carbons (Fsp3) is 0.778. The van der Waals surface area contributed by atoms with E-state index in [1.165, 1.54) is 6.26 Å². The lowest BCUT2D eigenvalue weighted by Gasteiger charge is -2.16. The van der Waals surface area contributed by atoms with E-state index >= 15 is 0 Å². The number of hydrogen-bond acceptors (Lipinski definition) is 5. The number of sulfone groups is 1. The number of nitrogens with two attached hydrogens (primary N) is 1. The van der Waals surface area contributed by atoms with Crippen LogP contribution in [0.1, 0.15) is 43.7 Å². The highest BCUT2D eigenvalue weighted by Gasteiger charge is 2.25. The van der Waals surface area contributed by atoms with E-state index in [-0.39, 0.29) is 12.6 Å². The van der Waals surface area contributed by atoms with E-state index < -0.39 is 15.1 Å². The van der Waals surface area contributed by atoms with E-state index in [4.69, 9.17) is 5.73 Å². The quantitative estimate of drug-likeness (QED) is 0.831. The topological polar surface area (TPSA) is 90.9 Å². The summed E-state index contributed by atoms with van der Waals surface area (Å²) in [6.45, 7) is 5.75. The van der Waals surface area contributed by atoms with Crippen molar-refractivity contribution in [1.29, 1.82) is 0 Å². The fourth-order valence-corrected chi connectivity index (χ4v) is 2.05. The molecule has 1 atom stereocenters. The van der Waals surface area contributed by atoms with Crippen LogP contribution in [0.2, 0.25) is 0 Å². The lowest BCUT2D eigenvalue weighted by Crippen LogP contribution is -2.18. The second-order valence-electron chi connectivity index (χ2n) is 4.11. The predicted octanol–water partition coefficient (Wildman–Crippen LogP) is 0.423. The Balaban J connectivity index is 3.30. The SMILES string of the molecule is CC(C)n1c(CN)nnc1C(C)S(C)(=O)=O. The number of aromatic nitrogens is 3. The van der Waals surface area contributed by atoms with Crippen LogP contribution in [0, 0.1) is 0 Å². The molecule has 16 heavy (non-hydrogen) atoms. The smallest absolute Gasteiger partial charge is 0.157 e. The molecule has 0 saturated carbocycles. The molecule has 0 spiro atoms. The second-order valence-corrected chi connectivity index (χ2v) is 6.48.